The predicted molar refractivity (Wildman–Crippen MR) is 115 cm³/mol. The van der Waals surface area contributed by atoms with Gasteiger partial charge in [0.2, 0.25) is 0 Å². The van der Waals surface area contributed by atoms with Crippen molar-refractivity contribution < 1.29 is 18.1 Å². The minimum Gasteiger partial charge on any atom is -0.273 e. The van der Waals surface area contributed by atoms with Crippen molar-refractivity contribution in [3.8, 4) is 11.1 Å². The Balaban J connectivity index is 1.83. The smallest absolute Gasteiger partial charge is 0.273 e. The molecule has 0 atom stereocenters. The topological polar surface area (TPSA) is 118 Å². The van der Waals surface area contributed by atoms with Crippen LogP contribution in [0.25, 0.3) is 11.1 Å². The quantitative estimate of drug-likeness (QED) is 0.417. The number of benzene rings is 2. The van der Waals surface area contributed by atoms with Gasteiger partial charge in [0.1, 0.15) is 4.88 Å². The molecule has 1 heterocycles. The van der Waals surface area contributed by atoms with E-state index < -0.39 is 31.4 Å². The molecule has 0 saturated carbocycles. The summed E-state index contributed by atoms with van der Waals surface area (Å²) in [6, 6.07) is 11.3. The van der Waals surface area contributed by atoms with E-state index in [-0.39, 0.29) is 10.6 Å². The van der Waals surface area contributed by atoms with Gasteiger partial charge in [0, 0.05) is 17.2 Å². The van der Waals surface area contributed by atoms with Crippen LogP contribution in [0.1, 0.15) is 20.8 Å². The van der Waals surface area contributed by atoms with Crippen LogP contribution >= 0.6 is 22.9 Å². The Morgan fingerprint density at radius 3 is 2.43 bits per heavy atom. The van der Waals surface area contributed by atoms with Crippen molar-refractivity contribution in [1.29, 1.82) is 0 Å². The van der Waals surface area contributed by atoms with Crippen molar-refractivity contribution in [2.45, 2.75) is 18.7 Å². The molecule has 3 aromatic rings. The highest BCUT2D eigenvalue weighted by Crippen LogP contribution is 2.30. The molecule has 0 unspecified atom stereocenters. The van der Waals surface area contributed by atoms with Gasteiger partial charge in [-0.1, -0.05) is 41.4 Å². The average Bonchev–Trinajstić information content (AvgIpc) is 3.18. The van der Waals surface area contributed by atoms with Crippen LogP contribution in [0, 0.1) is 24.0 Å². The molecule has 11 heteroatoms. The molecule has 2 N–H and O–H groups in total. The second-order valence-corrected chi connectivity index (χ2v) is 9.40. The lowest BCUT2D eigenvalue weighted by Crippen LogP contribution is -2.41. The van der Waals surface area contributed by atoms with Crippen LogP contribution in [0.15, 0.2) is 52.7 Å². The number of aryl methyl sites for hydroxylation is 1. The summed E-state index contributed by atoms with van der Waals surface area (Å²) in [5.41, 5.74) is 4.40. The average molecular weight is 466 g/mol. The zero-order valence-corrected chi connectivity index (χ0v) is 18.2. The van der Waals surface area contributed by atoms with Crippen LogP contribution in [-0.2, 0) is 10.0 Å². The number of nitrogens with one attached hydrogen (secondary N) is 2. The van der Waals surface area contributed by atoms with E-state index in [0.717, 1.165) is 34.6 Å². The van der Waals surface area contributed by atoms with Gasteiger partial charge in [-0.3, -0.25) is 20.3 Å². The Kier molecular flexibility index (Phi) is 6.22. The van der Waals surface area contributed by atoms with E-state index in [1.165, 1.54) is 6.92 Å². The van der Waals surface area contributed by atoms with E-state index in [4.69, 9.17) is 11.6 Å². The first-order chi connectivity index (χ1) is 14.1. The fourth-order valence-electron chi connectivity index (χ4n) is 2.66. The number of rotatable bonds is 6. The Hall–Kier alpha value is -2.79. The molecule has 0 spiro atoms. The molecular formula is C19H16ClN3O5S2. The first-order valence-corrected chi connectivity index (χ1v) is 11.3. The molecule has 0 radical (unpaired) electrons. The maximum Gasteiger partial charge on any atom is 0.276 e. The van der Waals surface area contributed by atoms with Crippen molar-refractivity contribution in [2.75, 3.05) is 0 Å². The van der Waals surface area contributed by atoms with Crippen molar-refractivity contribution in [3.63, 3.8) is 0 Å². The second kappa shape index (κ2) is 8.52. The first-order valence-electron chi connectivity index (χ1n) is 8.51. The van der Waals surface area contributed by atoms with E-state index in [2.05, 4.69) is 5.43 Å². The first kappa shape index (κ1) is 21.9. The summed E-state index contributed by atoms with van der Waals surface area (Å²) >= 11 is 7.09. The minimum atomic E-state index is -4.29. The summed E-state index contributed by atoms with van der Waals surface area (Å²) in [6.45, 7) is 3.36. The highest BCUT2D eigenvalue weighted by Gasteiger charge is 2.24. The second-order valence-electron chi connectivity index (χ2n) is 6.40. The van der Waals surface area contributed by atoms with Crippen LogP contribution in [-0.4, -0.2) is 19.2 Å². The number of amides is 1. The molecule has 0 aliphatic rings. The molecule has 0 fully saturated rings. The number of halogens is 1. The van der Waals surface area contributed by atoms with E-state index in [0.29, 0.717) is 10.4 Å². The molecule has 2 aromatic carbocycles. The predicted octanol–water partition coefficient (Wildman–Crippen LogP) is 4.22. The van der Waals surface area contributed by atoms with Gasteiger partial charge in [-0.05, 0) is 36.9 Å². The fourth-order valence-corrected chi connectivity index (χ4v) is 4.63. The van der Waals surface area contributed by atoms with Gasteiger partial charge in [0.15, 0.2) is 0 Å². The SMILES string of the molecule is Cc1ccc(-c2ccsc2C(=O)NNS(=O)(=O)c2cc(Cl)c(C)c([N+](=O)[O-])c2)cc1. The minimum absolute atomic E-state index is 0.0733. The summed E-state index contributed by atoms with van der Waals surface area (Å²) in [6.07, 6.45) is 0. The van der Waals surface area contributed by atoms with Crippen molar-refractivity contribution in [2.24, 2.45) is 0 Å². The van der Waals surface area contributed by atoms with Gasteiger partial charge in [-0.2, -0.15) is 0 Å². The summed E-state index contributed by atoms with van der Waals surface area (Å²) in [7, 11) is -4.29. The van der Waals surface area contributed by atoms with Gasteiger partial charge >= 0.3 is 0 Å². The van der Waals surface area contributed by atoms with Crippen LogP contribution in [0.3, 0.4) is 0 Å². The Bertz CT molecular complexity index is 1240. The molecule has 1 amide bonds. The van der Waals surface area contributed by atoms with Gasteiger partial charge in [0.05, 0.1) is 14.8 Å². The fraction of sp³-hybridized carbons (Fsp3) is 0.105. The lowest BCUT2D eigenvalue weighted by Gasteiger charge is -2.10. The highest BCUT2D eigenvalue weighted by molar-refractivity contribution is 7.89. The number of nitro groups is 1. The van der Waals surface area contributed by atoms with E-state index >= 15 is 0 Å². The largest absolute Gasteiger partial charge is 0.276 e. The summed E-state index contributed by atoms with van der Waals surface area (Å²) in [5, 5.41) is 12.8. The Morgan fingerprint density at radius 1 is 1.13 bits per heavy atom. The van der Waals surface area contributed by atoms with E-state index in [1.807, 2.05) is 36.0 Å². The molecule has 3 rings (SSSR count). The van der Waals surface area contributed by atoms with Crippen LogP contribution in [0.2, 0.25) is 5.02 Å². The highest BCUT2D eigenvalue weighted by atomic mass is 35.5. The number of nitro benzene ring substituents is 1. The van der Waals surface area contributed by atoms with Gasteiger partial charge in [0.25, 0.3) is 21.6 Å². The lowest BCUT2D eigenvalue weighted by atomic mass is 10.1. The molecule has 156 valence electrons. The Labute approximate surface area is 181 Å². The molecule has 30 heavy (non-hydrogen) atoms. The maximum absolute atomic E-state index is 12.6. The number of thiophene rings is 1. The zero-order valence-electron chi connectivity index (χ0n) is 15.8. The van der Waals surface area contributed by atoms with E-state index in [1.54, 1.807) is 11.4 Å². The molecule has 0 saturated heterocycles. The van der Waals surface area contributed by atoms with Crippen LogP contribution < -0.4 is 10.3 Å². The molecule has 0 aliphatic heterocycles. The standard InChI is InChI=1S/C19H16ClN3O5S2/c1-11-3-5-13(6-4-11)15-7-8-29-18(15)19(24)21-22-30(27,28)14-9-16(20)12(2)17(10-14)23(25)26/h3-10,22H,1-2H3,(H,21,24). The molecule has 0 aliphatic carbocycles. The van der Waals surface area contributed by atoms with Crippen molar-refractivity contribution >= 4 is 44.6 Å². The summed E-state index contributed by atoms with van der Waals surface area (Å²) in [4.78, 5) is 24.8. The summed E-state index contributed by atoms with van der Waals surface area (Å²) < 4.78 is 25.1. The van der Waals surface area contributed by atoms with Gasteiger partial charge in [-0.15, -0.1) is 16.2 Å². The third-order valence-corrected chi connectivity index (χ3v) is 6.86. The third kappa shape index (κ3) is 4.51. The molecule has 8 nitrogen and oxygen atoms in total. The van der Waals surface area contributed by atoms with Gasteiger partial charge < -0.3 is 0 Å². The summed E-state index contributed by atoms with van der Waals surface area (Å²) in [5.74, 6) is -0.656. The van der Waals surface area contributed by atoms with Crippen LogP contribution in [0.5, 0.6) is 0 Å². The van der Waals surface area contributed by atoms with E-state index in [9.17, 15) is 23.3 Å². The molecule has 0 bridgehead atoms. The number of nitrogens with zero attached hydrogens (tertiary/aromatic N) is 1. The maximum atomic E-state index is 12.6. The molecular weight excluding hydrogens is 450 g/mol. The number of carbonyl (C=O) groups excluding carboxylic acids is 1. The monoisotopic (exact) mass is 465 g/mol. The van der Waals surface area contributed by atoms with Crippen molar-refractivity contribution in [3.05, 3.63) is 79.0 Å². The van der Waals surface area contributed by atoms with Gasteiger partial charge in [-0.25, -0.2) is 8.42 Å². The number of hydrazine groups is 1. The van der Waals surface area contributed by atoms with Crippen molar-refractivity contribution in [1.82, 2.24) is 10.3 Å². The Morgan fingerprint density at radius 2 is 1.80 bits per heavy atom. The van der Waals surface area contributed by atoms with Crippen LogP contribution in [0.4, 0.5) is 5.69 Å². The number of hydrogen-bond donors (Lipinski definition) is 2. The lowest BCUT2D eigenvalue weighted by molar-refractivity contribution is -0.385. The third-order valence-electron chi connectivity index (χ3n) is 4.33. The number of carbonyl (C=O) groups is 1. The number of sulfonamides is 1. The normalized spacial score (nSPS) is 11.3. The molecule has 1 aromatic heterocycles. The zero-order chi connectivity index (χ0) is 22.1. The number of hydrogen-bond acceptors (Lipinski definition) is 6.